The zero-order chi connectivity index (χ0) is 12.5. The minimum Gasteiger partial charge on any atom is -0.314 e. The molecule has 0 saturated carbocycles. The van der Waals surface area contributed by atoms with E-state index in [1.54, 1.807) is 13.0 Å². The monoisotopic (exact) mass is 258 g/mol. The van der Waals surface area contributed by atoms with Crippen LogP contribution in [0.25, 0.3) is 0 Å². The van der Waals surface area contributed by atoms with E-state index >= 15 is 0 Å². The van der Waals surface area contributed by atoms with Gasteiger partial charge in [0.05, 0.1) is 0 Å². The normalized spacial score (nSPS) is 18.2. The maximum Gasteiger partial charge on any atom is 0.246 e. The van der Waals surface area contributed by atoms with Gasteiger partial charge in [-0.05, 0) is 24.6 Å². The highest BCUT2D eigenvalue weighted by Crippen LogP contribution is 2.20. The molecule has 4 nitrogen and oxygen atoms in total. The van der Waals surface area contributed by atoms with E-state index in [-0.39, 0.29) is 4.90 Å². The number of piperazine rings is 1. The summed E-state index contributed by atoms with van der Waals surface area (Å²) < 4.78 is 39.4. The van der Waals surface area contributed by atoms with Crippen LogP contribution >= 0.6 is 0 Å². The minimum atomic E-state index is -3.70. The van der Waals surface area contributed by atoms with Gasteiger partial charge in [-0.25, -0.2) is 12.8 Å². The third kappa shape index (κ3) is 2.48. The molecule has 1 aliphatic heterocycles. The topological polar surface area (TPSA) is 49.4 Å². The number of benzene rings is 1. The molecule has 1 heterocycles. The zero-order valence-corrected chi connectivity index (χ0v) is 10.4. The van der Waals surface area contributed by atoms with Gasteiger partial charge in [0.2, 0.25) is 10.0 Å². The summed E-state index contributed by atoms with van der Waals surface area (Å²) in [4.78, 5) is -0.223. The van der Waals surface area contributed by atoms with E-state index in [1.165, 1.54) is 16.4 Å². The summed E-state index contributed by atoms with van der Waals surface area (Å²) in [5.74, 6) is -0.686. The Bertz CT molecular complexity index is 510. The van der Waals surface area contributed by atoms with Crippen molar-refractivity contribution < 1.29 is 12.8 Å². The average Bonchev–Trinajstić information content (AvgIpc) is 2.33. The van der Waals surface area contributed by atoms with Crippen molar-refractivity contribution in [2.45, 2.75) is 11.8 Å². The number of halogens is 1. The van der Waals surface area contributed by atoms with Gasteiger partial charge in [-0.1, -0.05) is 6.07 Å². The van der Waals surface area contributed by atoms with Crippen LogP contribution < -0.4 is 5.32 Å². The quantitative estimate of drug-likeness (QED) is 0.850. The predicted molar refractivity (Wildman–Crippen MR) is 62.8 cm³/mol. The van der Waals surface area contributed by atoms with Crippen LogP contribution in [0.2, 0.25) is 0 Å². The van der Waals surface area contributed by atoms with Crippen molar-refractivity contribution in [1.82, 2.24) is 9.62 Å². The lowest BCUT2D eigenvalue weighted by atomic mass is 10.2. The molecule has 0 bridgehead atoms. The average molecular weight is 258 g/mol. The van der Waals surface area contributed by atoms with Gasteiger partial charge in [0.15, 0.2) is 0 Å². The highest BCUT2D eigenvalue weighted by atomic mass is 32.2. The molecule has 17 heavy (non-hydrogen) atoms. The van der Waals surface area contributed by atoms with E-state index in [1.807, 2.05) is 0 Å². The number of sulfonamides is 1. The van der Waals surface area contributed by atoms with Crippen LogP contribution in [0.3, 0.4) is 0 Å². The maximum absolute atomic E-state index is 13.6. The van der Waals surface area contributed by atoms with Crippen molar-refractivity contribution in [3.63, 3.8) is 0 Å². The van der Waals surface area contributed by atoms with Gasteiger partial charge in [0.1, 0.15) is 10.7 Å². The molecule has 0 amide bonds. The summed E-state index contributed by atoms with van der Waals surface area (Å²) >= 11 is 0. The van der Waals surface area contributed by atoms with Crippen molar-refractivity contribution in [3.8, 4) is 0 Å². The van der Waals surface area contributed by atoms with E-state index in [0.717, 1.165) is 5.56 Å². The number of nitrogens with zero attached hydrogens (tertiary/aromatic N) is 1. The second-order valence-electron chi connectivity index (χ2n) is 4.09. The molecule has 6 heteroatoms. The number of aryl methyl sites for hydroxylation is 1. The van der Waals surface area contributed by atoms with Crippen LogP contribution in [-0.2, 0) is 10.0 Å². The minimum absolute atomic E-state index is 0.223. The van der Waals surface area contributed by atoms with Crippen LogP contribution in [0.1, 0.15) is 5.56 Å². The Labute approximate surface area is 100 Å². The SMILES string of the molecule is Cc1ccc(F)c(S(=O)(=O)N2CCNCC2)c1. The number of nitrogens with one attached hydrogen (secondary N) is 1. The summed E-state index contributed by atoms with van der Waals surface area (Å²) in [5.41, 5.74) is 0.736. The van der Waals surface area contributed by atoms with E-state index < -0.39 is 15.8 Å². The summed E-state index contributed by atoms with van der Waals surface area (Å²) in [7, 11) is -3.70. The Hall–Kier alpha value is -0.980. The lowest BCUT2D eigenvalue weighted by Crippen LogP contribution is -2.46. The highest BCUT2D eigenvalue weighted by molar-refractivity contribution is 7.89. The molecule has 1 saturated heterocycles. The van der Waals surface area contributed by atoms with Gasteiger partial charge in [-0.3, -0.25) is 0 Å². The molecule has 2 rings (SSSR count). The first-order valence-corrected chi connectivity index (χ1v) is 6.93. The number of rotatable bonds is 2. The fourth-order valence-corrected chi connectivity index (χ4v) is 3.42. The van der Waals surface area contributed by atoms with Crippen LogP contribution in [0, 0.1) is 12.7 Å². The molecular weight excluding hydrogens is 243 g/mol. The van der Waals surface area contributed by atoms with E-state index in [2.05, 4.69) is 5.32 Å². The lowest BCUT2D eigenvalue weighted by Gasteiger charge is -2.26. The Morgan fingerprint density at radius 2 is 1.94 bits per heavy atom. The smallest absolute Gasteiger partial charge is 0.246 e. The molecule has 1 N–H and O–H groups in total. The molecule has 0 spiro atoms. The molecule has 1 aromatic carbocycles. The van der Waals surface area contributed by atoms with Gasteiger partial charge in [0.25, 0.3) is 0 Å². The van der Waals surface area contributed by atoms with Crippen molar-refractivity contribution in [1.29, 1.82) is 0 Å². The van der Waals surface area contributed by atoms with E-state index in [9.17, 15) is 12.8 Å². The van der Waals surface area contributed by atoms with Crippen molar-refractivity contribution >= 4 is 10.0 Å². The maximum atomic E-state index is 13.6. The summed E-state index contributed by atoms with van der Waals surface area (Å²) in [6.45, 7) is 3.72. The first kappa shape index (κ1) is 12.5. The third-order valence-corrected chi connectivity index (χ3v) is 4.69. The second-order valence-corrected chi connectivity index (χ2v) is 5.99. The van der Waals surface area contributed by atoms with Crippen molar-refractivity contribution in [2.75, 3.05) is 26.2 Å². The fraction of sp³-hybridized carbons (Fsp3) is 0.455. The molecule has 0 radical (unpaired) electrons. The molecule has 1 fully saturated rings. The summed E-state index contributed by atoms with van der Waals surface area (Å²) in [5, 5.41) is 3.06. The molecule has 0 atom stereocenters. The first-order valence-electron chi connectivity index (χ1n) is 5.49. The van der Waals surface area contributed by atoms with Crippen molar-refractivity contribution in [3.05, 3.63) is 29.6 Å². The highest BCUT2D eigenvalue weighted by Gasteiger charge is 2.28. The summed E-state index contributed by atoms with van der Waals surface area (Å²) in [6.07, 6.45) is 0. The third-order valence-electron chi connectivity index (χ3n) is 2.78. The molecular formula is C11H15FN2O2S. The van der Waals surface area contributed by atoms with Crippen LogP contribution in [0.5, 0.6) is 0 Å². The Morgan fingerprint density at radius 1 is 1.29 bits per heavy atom. The Balaban J connectivity index is 2.40. The number of hydrogen-bond acceptors (Lipinski definition) is 3. The Morgan fingerprint density at radius 3 is 2.59 bits per heavy atom. The largest absolute Gasteiger partial charge is 0.314 e. The molecule has 0 aliphatic carbocycles. The lowest BCUT2D eigenvalue weighted by molar-refractivity contribution is 0.358. The van der Waals surface area contributed by atoms with Gasteiger partial charge < -0.3 is 5.32 Å². The second kappa shape index (κ2) is 4.72. The molecule has 0 unspecified atom stereocenters. The van der Waals surface area contributed by atoms with Crippen LogP contribution in [-0.4, -0.2) is 38.9 Å². The zero-order valence-electron chi connectivity index (χ0n) is 9.61. The summed E-state index contributed by atoms with van der Waals surface area (Å²) in [6, 6.07) is 4.14. The molecule has 1 aromatic rings. The standard InChI is InChI=1S/C11H15FN2O2S/c1-9-2-3-10(12)11(8-9)17(15,16)14-6-4-13-5-7-14/h2-3,8,13H,4-7H2,1H3. The fourth-order valence-electron chi connectivity index (χ4n) is 1.83. The first-order chi connectivity index (χ1) is 8.01. The van der Waals surface area contributed by atoms with Gasteiger partial charge >= 0.3 is 0 Å². The Kier molecular flexibility index (Phi) is 3.46. The molecule has 94 valence electrons. The van der Waals surface area contributed by atoms with Gasteiger partial charge in [0, 0.05) is 26.2 Å². The van der Waals surface area contributed by atoms with Crippen LogP contribution in [0.15, 0.2) is 23.1 Å². The van der Waals surface area contributed by atoms with E-state index in [4.69, 9.17) is 0 Å². The van der Waals surface area contributed by atoms with Crippen molar-refractivity contribution in [2.24, 2.45) is 0 Å². The molecule has 0 aromatic heterocycles. The van der Waals surface area contributed by atoms with Crippen LogP contribution in [0.4, 0.5) is 4.39 Å². The number of hydrogen-bond donors (Lipinski definition) is 1. The molecule has 1 aliphatic rings. The van der Waals surface area contributed by atoms with Gasteiger partial charge in [-0.15, -0.1) is 0 Å². The predicted octanol–water partition coefficient (Wildman–Crippen LogP) is 0.728. The van der Waals surface area contributed by atoms with E-state index in [0.29, 0.717) is 26.2 Å². The van der Waals surface area contributed by atoms with Gasteiger partial charge in [-0.2, -0.15) is 4.31 Å².